The van der Waals surface area contributed by atoms with Gasteiger partial charge < -0.3 is 20.2 Å². The summed E-state index contributed by atoms with van der Waals surface area (Å²) in [6.07, 6.45) is 8.57. The zero-order chi connectivity index (χ0) is 13.5. The normalized spacial score (nSPS) is 11.0. The van der Waals surface area contributed by atoms with Crippen LogP contribution in [0.25, 0.3) is 5.65 Å². The summed E-state index contributed by atoms with van der Waals surface area (Å²) in [4.78, 5) is 8.51. The van der Waals surface area contributed by atoms with E-state index in [1.165, 1.54) is 6.42 Å². The van der Waals surface area contributed by atoms with Gasteiger partial charge in [-0.05, 0) is 12.8 Å². The van der Waals surface area contributed by atoms with E-state index in [0.29, 0.717) is 5.82 Å². The number of hydrogen-bond acceptors (Lipinski definition) is 5. The monoisotopic (exact) mass is 263 g/mol. The summed E-state index contributed by atoms with van der Waals surface area (Å²) in [5, 5.41) is 3.25. The summed E-state index contributed by atoms with van der Waals surface area (Å²) < 4.78 is 7.37. The first-order valence-electron chi connectivity index (χ1n) is 6.72. The summed E-state index contributed by atoms with van der Waals surface area (Å²) in [5.74, 6) is 1.20. The molecule has 0 aliphatic rings. The van der Waals surface area contributed by atoms with Gasteiger partial charge >= 0.3 is 0 Å². The van der Waals surface area contributed by atoms with Gasteiger partial charge in [-0.3, -0.25) is 0 Å². The van der Waals surface area contributed by atoms with Crippen LogP contribution in [0.5, 0.6) is 0 Å². The van der Waals surface area contributed by atoms with Crippen LogP contribution in [-0.2, 0) is 4.74 Å². The van der Waals surface area contributed by atoms with Crippen LogP contribution in [0.2, 0.25) is 0 Å². The zero-order valence-electron chi connectivity index (χ0n) is 11.3. The van der Waals surface area contributed by atoms with Crippen LogP contribution in [-0.4, -0.2) is 34.1 Å². The van der Waals surface area contributed by atoms with Crippen molar-refractivity contribution in [3.8, 4) is 0 Å². The number of nitrogens with one attached hydrogen (secondary N) is 1. The topological polar surface area (TPSA) is 77.5 Å². The van der Waals surface area contributed by atoms with Gasteiger partial charge in [-0.15, -0.1) is 0 Å². The van der Waals surface area contributed by atoms with Gasteiger partial charge in [0.25, 0.3) is 0 Å². The molecule has 19 heavy (non-hydrogen) atoms. The highest BCUT2D eigenvalue weighted by molar-refractivity contribution is 5.64. The van der Waals surface area contributed by atoms with E-state index in [-0.39, 0.29) is 0 Å². The number of hydrogen-bond donors (Lipinski definition) is 2. The molecule has 0 spiro atoms. The van der Waals surface area contributed by atoms with Gasteiger partial charge in [0.1, 0.15) is 5.82 Å². The zero-order valence-corrected chi connectivity index (χ0v) is 11.3. The molecule has 6 heteroatoms. The Morgan fingerprint density at radius 2 is 2.21 bits per heavy atom. The first-order chi connectivity index (χ1) is 9.31. The number of nitrogen functional groups attached to an aromatic ring is 1. The van der Waals surface area contributed by atoms with E-state index in [4.69, 9.17) is 10.5 Å². The molecule has 0 saturated heterocycles. The van der Waals surface area contributed by atoms with E-state index in [2.05, 4.69) is 22.2 Å². The number of fused-ring (bicyclic) bond motifs is 1. The Morgan fingerprint density at radius 3 is 3.05 bits per heavy atom. The van der Waals surface area contributed by atoms with Crippen molar-refractivity contribution in [2.75, 3.05) is 30.8 Å². The smallest absolute Gasteiger partial charge is 0.180 e. The maximum absolute atomic E-state index is 5.74. The molecule has 3 N–H and O–H groups in total. The van der Waals surface area contributed by atoms with Crippen molar-refractivity contribution < 1.29 is 4.74 Å². The van der Waals surface area contributed by atoms with Crippen LogP contribution in [0.15, 0.2) is 18.6 Å². The fraction of sp³-hybridized carbons (Fsp3) is 0.538. The van der Waals surface area contributed by atoms with Gasteiger partial charge in [0.2, 0.25) is 0 Å². The third kappa shape index (κ3) is 3.82. The van der Waals surface area contributed by atoms with Crippen molar-refractivity contribution in [2.24, 2.45) is 0 Å². The van der Waals surface area contributed by atoms with E-state index >= 15 is 0 Å². The largest absolute Gasteiger partial charge is 0.382 e. The van der Waals surface area contributed by atoms with Crippen LogP contribution >= 0.6 is 0 Å². The summed E-state index contributed by atoms with van der Waals surface area (Å²) in [5.41, 5.74) is 6.54. The molecule has 0 saturated carbocycles. The molecule has 0 radical (unpaired) electrons. The van der Waals surface area contributed by atoms with Crippen LogP contribution in [0.3, 0.4) is 0 Å². The Labute approximate surface area is 113 Å². The number of rotatable bonds is 8. The van der Waals surface area contributed by atoms with E-state index in [9.17, 15) is 0 Å². The minimum absolute atomic E-state index is 0.479. The van der Waals surface area contributed by atoms with Gasteiger partial charge in [0.05, 0.1) is 6.20 Å². The molecule has 0 fully saturated rings. The Hall–Kier alpha value is -1.82. The van der Waals surface area contributed by atoms with Crippen molar-refractivity contribution in [1.29, 1.82) is 0 Å². The maximum Gasteiger partial charge on any atom is 0.180 e. The molecular formula is C13H21N5O. The van der Waals surface area contributed by atoms with Crippen LogP contribution in [0.4, 0.5) is 11.6 Å². The minimum Gasteiger partial charge on any atom is -0.382 e. The van der Waals surface area contributed by atoms with Crippen molar-refractivity contribution in [1.82, 2.24) is 14.4 Å². The lowest BCUT2D eigenvalue weighted by molar-refractivity contribution is 0.131. The van der Waals surface area contributed by atoms with E-state index in [1.807, 2.05) is 10.6 Å². The van der Waals surface area contributed by atoms with Crippen LogP contribution in [0, 0.1) is 0 Å². The van der Waals surface area contributed by atoms with Gasteiger partial charge in [-0.1, -0.05) is 13.3 Å². The molecule has 0 aliphatic heterocycles. The Bertz CT molecular complexity index is 511. The minimum atomic E-state index is 0.479. The van der Waals surface area contributed by atoms with Gasteiger partial charge in [0, 0.05) is 32.2 Å². The number of anilines is 2. The second kappa shape index (κ2) is 6.94. The fourth-order valence-corrected chi connectivity index (χ4v) is 1.80. The summed E-state index contributed by atoms with van der Waals surface area (Å²) in [7, 11) is 0. The third-order valence-corrected chi connectivity index (χ3v) is 2.79. The number of aromatic nitrogens is 3. The molecule has 104 valence electrons. The maximum atomic E-state index is 5.74. The van der Waals surface area contributed by atoms with Crippen LogP contribution in [0.1, 0.15) is 26.2 Å². The third-order valence-electron chi connectivity index (χ3n) is 2.79. The molecule has 2 aromatic heterocycles. The molecule has 0 aromatic carbocycles. The second-order valence-electron chi connectivity index (χ2n) is 4.42. The standard InChI is InChI=1S/C13H21N5O/c1-2-3-8-19-9-4-5-15-12-13-16-6-7-18(13)10-11(14)17-12/h6-7,10H,2-5,8-9,14H2,1H3,(H,15,17). The predicted octanol–water partition coefficient (Wildman–Crippen LogP) is 1.93. The predicted molar refractivity (Wildman–Crippen MR) is 76.2 cm³/mol. The Kier molecular flexibility index (Phi) is 4.97. The molecule has 2 heterocycles. The molecule has 6 nitrogen and oxygen atoms in total. The van der Waals surface area contributed by atoms with Gasteiger partial charge in [-0.2, -0.15) is 0 Å². The second-order valence-corrected chi connectivity index (χ2v) is 4.42. The molecule has 0 amide bonds. The van der Waals surface area contributed by atoms with Crippen molar-refractivity contribution in [3.05, 3.63) is 18.6 Å². The quantitative estimate of drug-likeness (QED) is 0.712. The lowest BCUT2D eigenvalue weighted by atomic mass is 10.3. The van der Waals surface area contributed by atoms with Crippen molar-refractivity contribution in [2.45, 2.75) is 26.2 Å². The molecule has 2 rings (SSSR count). The lowest BCUT2D eigenvalue weighted by Gasteiger charge is -2.08. The molecule has 0 bridgehead atoms. The van der Waals surface area contributed by atoms with E-state index in [1.54, 1.807) is 12.4 Å². The number of unbranched alkanes of at least 4 members (excludes halogenated alkanes) is 1. The molecule has 0 atom stereocenters. The summed E-state index contributed by atoms with van der Waals surface area (Å²) >= 11 is 0. The lowest BCUT2D eigenvalue weighted by Crippen LogP contribution is -2.09. The first-order valence-corrected chi connectivity index (χ1v) is 6.72. The summed E-state index contributed by atoms with van der Waals surface area (Å²) in [6.45, 7) is 4.56. The van der Waals surface area contributed by atoms with E-state index in [0.717, 1.165) is 44.1 Å². The van der Waals surface area contributed by atoms with Crippen LogP contribution < -0.4 is 11.1 Å². The number of imidazole rings is 1. The molecule has 0 unspecified atom stereocenters. The first kappa shape index (κ1) is 13.6. The number of nitrogens with zero attached hydrogens (tertiary/aromatic N) is 3. The number of ether oxygens (including phenoxy) is 1. The van der Waals surface area contributed by atoms with Gasteiger partial charge in [0.15, 0.2) is 11.5 Å². The van der Waals surface area contributed by atoms with Crippen molar-refractivity contribution in [3.63, 3.8) is 0 Å². The van der Waals surface area contributed by atoms with Crippen molar-refractivity contribution >= 4 is 17.3 Å². The SMILES string of the molecule is CCCCOCCCNc1nc(N)cn2ccnc12. The average Bonchev–Trinajstić information content (AvgIpc) is 2.85. The highest BCUT2D eigenvalue weighted by Gasteiger charge is 2.04. The Morgan fingerprint density at radius 1 is 1.37 bits per heavy atom. The average molecular weight is 263 g/mol. The molecule has 0 aliphatic carbocycles. The molecular weight excluding hydrogens is 242 g/mol. The molecule has 2 aromatic rings. The fourth-order valence-electron chi connectivity index (χ4n) is 1.80. The highest BCUT2D eigenvalue weighted by atomic mass is 16.5. The highest BCUT2D eigenvalue weighted by Crippen LogP contribution is 2.14. The Balaban J connectivity index is 1.79. The number of nitrogens with two attached hydrogens (primary N) is 1. The van der Waals surface area contributed by atoms with Gasteiger partial charge in [-0.25, -0.2) is 9.97 Å². The van der Waals surface area contributed by atoms with E-state index < -0.39 is 0 Å². The summed E-state index contributed by atoms with van der Waals surface area (Å²) in [6, 6.07) is 0.